The lowest BCUT2D eigenvalue weighted by Crippen LogP contribution is -2.22. The molecule has 3 rings (SSSR count). The van der Waals surface area contributed by atoms with Gasteiger partial charge in [0.15, 0.2) is 5.96 Å². The van der Waals surface area contributed by atoms with Crippen molar-refractivity contribution in [3.63, 3.8) is 0 Å². The van der Waals surface area contributed by atoms with Gasteiger partial charge >= 0.3 is 0 Å². The molecule has 0 saturated heterocycles. The van der Waals surface area contributed by atoms with Gasteiger partial charge < -0.3 is 15.5 Å². The highest BCUT2D eigenvalue weighted by Gasteiger charge is 2.06. The molecule has 0 aliphatic carbocycles. The van der Waals surface area contributed by atoms with E-state index in [0.29, 0.717) is 18.4 Å². The van der Waals surface area contributed by atoms with Crippen LogP contribution in [0.2, 0.25) is 0 Å². The number of hydrogen-bond donors (Lipinski definition) is 2. The fourth-order valence-electron chi connectivity index (χ4n) is 2.27. The summed E-state index contributed by atoms with van der Waals surface area (Å²) in [5.74, 6) is 0.934. The SMILES string of the molecule is Cc1ccc(NC(N)=NCc2coc(-c3ccccc3)n2)cc1C. The summed E-state index contributed by atoms with van der Waals surface area (Å²) in [4.78, 5) is 8.74. The fraction of sp³-hybridized carbons (Fsp3) is 0.158. The minimum Gasteiger partial charge on any atom is -0.444 e. The van der Waals surface area contributed by atoms with Crippen LogP contribution in [0.15, 0.2) is 64.2 Å². The number of aliphatic imine (C=N–C) groups is 1. The van der Waals surface area contributed by atoms with Crippen molar-refractivity contribution in [1.82, 2.24) is 4.98 Å². The fourth-order valence-corrected chi connectivity index (χ4v) is 2.27. The van der Waals surface area contributed by atoms with E-state index in [-0.39, 0.29) is 0 Å². The normalized spacial score (nSPS) is 11.5. The van der Waals surface area contributed by atoms with Crippen molar-refractivity contribution >= 4 is 11.6 Å². The molecule has 0 atom stereocenters. The second-order valence-electron chi connectivity index (χ2n) is 5.64. The molecule has 3 N–H and O–H groups in total. The molecule has 1 heterocycles. The first-order valence-corrected chi connectivity index (χ1v) is 7.76. The number of anilines is 1. The number of nitrogens with two attached hydrogens (primary N) is 1. The molecule has 0 aliphatic heterocycles. The van der Waals surface area contributed by atoms with Crippen LogP contribution in [-0.4, -0.2) is 10.9 Å². The topological polar surface area (TPSA) is 76.4 Å². The third-order valence-electron chi connectivity index (χ3n) is 3.76. The van der Waals surface area contributed by atoms with E-state index in [0.717, 1.165) is 16.9 Å². The summed E-state index contributed by atoms with van der Waals surface area (Å²) in [6, 6.07) is 15.8. The molecule has 0 amide bonds. The van der Waals surface area contributed by atoms with Gasteiger partial charge in [-0.3, -0.25) is 0 Å². The van der Waals surface area contributed by atoms with Gasteiger partial charge in [-0.2, -0.15) is 0 Å². The number of aromatic nitrogens is 1. The van der Waals surface area contributed by atoms with Crippen LogP contribution in [0.25, 0.3) is 11.5 Å². The van der Waals surface area contributed by atoms with Crippen molar-refractivity contribution in [3.8, 4) is 11.5 Å². The molecule has 0 saturated carbocycles. The van der Waals surface area contributed by atoms with Crippen LogP contribution in [0.4, 0.5) is 5.69 Å². The Morgan fingerprint density at radius 3 is 2.67 bits per heavy atom. The summed E-state index contributed by atoms with van der Waals surface area (Å²) in [5.41, 5.74) is 11.0. The van der Waals surface area contributed by atoms with Gasteiger partial charge in [-0.15, -0.1) is 0 Å². The Labute approximate surface area is 141 Å². The van der Waals surface area contributed by atoms with E-state index in [9.17, 15) is 0 Å². The van der Waals surface area contributed by atoms with Crippen molar-refractivity contribution < 1.29 is 4.42 Å². The van der Waals surface area contributed by atoms with Crippen molar-refractivity contribution in [2.24, 2.45) is 10.7 Å². The summed E-state index contributed by atoms with van der Waals surface area (Å²) in [6.45, 7) is 4.50. The van der Waals surface area contributed by atoms with E-state index < -0.39 is 0 Å². The first kappa shape index (κ1) is 15.8. The zero-order chi connectivity index (χ0) is 16.9. The number of oxazole rings is 1. The van der Waals surface area contributed by atoms with Crippen LogP contribution < -0.4 is 11.1 Å². The van der Waals surface area contributed by atoms with Gasteiger partial charge in [-0.05, 0) is 49.2 Å². The van der Waals surface area contributed by atoms with Gasteiger partial charge in [0.2, 0.25) is 5.89 Å². The van der Waals surface area contributed by atoms with Gasteiger partial charge in [0.05, 0.1) is 6.54 Å². The third-order valence-corrected chi connectivity index (χ3v) is 3.76. The predicted molar refractivity (Wildman–Crippen MR) is 96.8 cm³/mol. The van der Waals surface area contributed by atoms with Crippen LogP contribution in [0, 0.1) is 13.8 Å². The molecule has 1 aromatic heterocycles. The van der Waals surface area contributed by atoms with Crippen LogP contribution in [0.3, 0.4) is 0 Å². The number of aryl methyl sites for hydroxylation is 2. The molecule has 0 aliphatic rings. The molecule has 5 nitrogen and oxygen atoms in total. The number of benzene rings is 2. The maximum atomic E-state index is 5.94. The maximum absolute atomic E-state index is 5.94. The van der Waals surface area contributed by atoms with E-state index in [1.54, 1.807) is 6.26 Å². The maximum Gasteiger partial charge on any atom is 0.226 e. The van der Waals surface area contributed by atoms with Crippen LogP contribution in [0.1, 0.15) is 16.8 Å². The quantitative estimate of drug-likeness (QED) is 0.565. The Kier molecular flexibility index (Phi) is 4.61. The number of nitrogens with zero attached hydrogens (tertiary/aromatic N) is 2. The summed E-state index contributed by atoms with van der Waals surface area (Å²) in [7, 11) is 0. The lowest BCUT2D eigenvalue weighted by atomic mass is 10.1. The van der Waals surface area contributed by atoms with E-state index in [1.807, 2.05) is 42.5 Å². The first-order chi connectivity index (χ1) is 11.6. The second-order valence-corrected chi connectivity index (χ2v) is 5.64. The Hall–Kier alpha value is -3.08. The first-order valence-electron chi connectivity index (χ1n) is 7.76. The highest BCUT2D eigenvalue weighted by Crippen LogP contribution is 2.18. The molecule has 122 valence electrons. The highest BCUT2D eigenvalue weighted by molar-refractivity contribution is 5.92. The molecule has 3 aromatic rings. The minimum absolute atomic E-state index is 0.350. The monoisotopic (exact) mass is 320 g/mol. The largest absolute Gasteiger partial charge is 0.444 e. The van der Waals surface area contributed by atoms with Crippen LogP contribution in [-0.2, 0) is 6.54 Å². The molecule has 0 spiro atoms. The Morgan fingerprint density at radius 1 is 1.12 bits per heavy atom. The number of rotatable bonds is 4. The third kappa shape index (κ3) is 3.81. The standard InChI is InChI=1S/C19H20N4O/c1-13-8-9-16(10-14(13)2)23-19(20)21-11-17-12-24-18(22-17)15-6-4-3-5-7-15/h3-10,12H,11H2,1-2H3,(H3,20,21,23). The second kappa shape index (κ2) is 7.00. The van der Waals surface area contributed by atoms with Crippen molar-refractivity contribution in [2.75, 3.05) is 5.32 Å². The van der Waals surface area contributed by atoms with Crippen LogP contribution >= 0.6 is 0 Å². The molecule has 24 heavy (non-hydrogen) atoms. The van der Waals surface area contributed by atoms with E-state index in [4.69, 9.17) is 10.2 Å². The van der Waals surface area contributed by atoms with Crippen LogP contribution in [0.5, 0.6) is 0 Å². The molecular formula is C19H20N4O. The molecule has 0 unspecified atom stereocenters. The highest BCUT2D eigenvalue weighted by atomic mass is 16.3. The Bertz CT molecular complexity index is 853. The smallest absolute Gasteiger partial charge is 0.226 e. The number of guanidine groups is 1. The van der Waals surface area contributed by atoms with Gasteiger partial charge in [0, 0.05) is 11.3 Å². The molecular weight excluding hydrogens is 300 g/mol. The average molecular weight is 320 g/mol. The summed E-state index contributed by atoms with van der Waals surface area (Å²) in [5, 5.41) is 3.09. The van der Waals surface area contributed by atoms with Gasteiger partial charge in [0.1, 0.15) is 12.0 Å². The van der Waals surface area contributed by atoms with Crippen molar-refractivity contribution in [2.45, 2.75) is 20.4 Å². The summed E-state index contributed by atoms with van der Waals surface area (Å²) >= 11 is 0. The van der Waals surface area contributed by atoms with Gasteiger partial charge in [0.25, 0.3) is 0 Å². The zero-order valence-electron chi connectivity index (χ0n) is 13.8. The minimum atomic E-state index is 0.350. The average Bonchev–Trinajstić information content (AvgIpc) is 3.06. The van der Waals surface area contributed by atoms with Gasteiger partial charge in [-0.25, -0.2) is 9.98 Å². The number of hydrogen-bond acceptors (Lipinski definition) is 3. The van der Waals surface area contributed by atoms with E-state index >= 15 is 0 Å². The molecule has 0 fully saturated rings. The van der Waals surface area contributed by atoms with E-state index in [2.05, 4.69) is 35.2 Å². The van der Waals surface area contributed by atoms with Gasteiger partial charge in [-0.1, -0.05) is 24.3 Å². The molecule has 0 bridgehead atoms. The Balaban J connectivity index is 1.65. The lowest BCUT2D eigenvalue weighted by Gasteiger charge is -2.07. The Morgan fingerprint density at radius 2 is 1.92 bits per heavy atom. The molecule has 2 aromatic carbocycles. The molecule has 5 heteroatoms. The summed E-state index contributed by atoms with van der Waals surface area (Å²) in [6.07, 6.45) is 1.61. The van der Waals surface area contributed by atoms with E-state index in [1.165, 1.54) is 11.1 Å². The van der Waals surface area contributed by atoms with Crippen molar-refractivity contribution in [3.05, 3.63) is 71.6 Å². The summed E-state index contributed by atoms with van der Waals surface area (Å²) < 4.78 is 5.49. The predicted octanol–water partition coefficient (Wildman–Crippen LogP) is 3.89. The lowest BCUT2D eigenvalue weighted by molar-refractivity contribution is 0.572. The zero-order valence-corrected chi connectivity index (χ0v) is 13.8. The van der Waals surface area contributed by atoms with Crippen molar-refractivity contribution in [1.29, 1.82) is 0 Å². The molecule has 0 radical (unpaired) electrons. The number of nitrogens with one attached hydrogen (secondary N) is 1.